The summed E-state index contributed by atoms with van der Waals surface area (Å²) in [6.07, 6.45) is 0. The molecule has 0 aliphatic rings. The maximum atomic E-state index is 11.9. The first-order chi connectivity index (χ1) is 5.39. The molecule has 0 aromatic heterocycles. The molecule has 0 bridgehead atoms. The molecule has 0 atom stereocenters. The predicted octanol–water partition coefficient (Wildman–Crippen LogP) is -2.02. The molecule has 68 valence electrons. The Bertz CT molecular complexity index is 305. The molecule has 0 fully saturated rings. The largest absolute Gasteiger partial charge is 1.00 e. The van der Waals surface area contributed by atoms with E-state index in [0.29, 0.717) is 0 Å². The first-order valence-corrected chi connectivity index (χ1v) is 4.11. The number of hydrogen-bond acceptors (Lipinski definition) is 2. The molecule has 0 aliphatic carbocycles. The summed E-state index contributed by atoms with van der Waals surface area (Å²) in [6.45, 7) is 0. The van der Waals surface area contributed by atoms with Gasteiger partial charge in [-0.15, -0.1) is 12.1 Å². The summed E-state index contributed by atoms with van der Waals surface area (Å²) in [4.78, 5) is 0. The van der Waals surface area contributed by atoms with E-state index in [-0.39, 0.29) is 35.4 Å². The first kappa shape index (κ1) is 15.5. The molecule has 4 nitrogen and oxygen atoms in total. The molecule has 0 unspecified atom stereocenters. The van der Waals surface area contributed by atoms with E-state index in [1.54, 1.807) is 0 Å². The Morgan fingerprint density at radius 2 is 1.54 bits per heavy atom. The van der Waals surface area contributed by atoms with Crippen molar-refractivity contribution in [3.63, 3.8) is 0 Å². The van der Waals surface area contributed by atoms with Gasteiger partial charge in [0, 0.05) is 5.82 Å². The van der Waals surface area contributed by atoms with Crippen LogP contribution in [0, 0.1) is 11.9 Å². The van der Waals surface area contributed by atoms with Gasteiger partial charge in [-0.3, -0.25) is 9.11 Å². The second kappa shape index (κ2) is 7.43. The molecule has 0 heterocycles. The van der Waals surface area contributed by atoms with Crippen LogP contribution in [-0.2, 0) is 10.4 Å². The Labute approximate surface area is 97.6 Å². The van der Waals surface area contributed by atoms with Crippen LogP contribution in [0.15, 0.2) is 24.3 Å². The van der Waals surface area contributed by atoms with Crippen LogP contribution in [0.2, 0.25) is 0 Å². The minimum absolute atomic E-state index is 0. The third-order valence-corrected chi connectivity index (χ3v) is 0.678. The molecule has 7 heteroatoms. The molecule has 1 aromatic carbocycles. The van der Waals surface area contributed by atoms with Crippen molar-refractivity contribution >= 4 is 10.4 Å². The minimum Gasteiger partial charge on any atom is -0.264 e. The van der Waals surface area contributed by atoms with E-state index < -0.39 is 10.4 Å². The van der Waals surface area contributed by atoms with E-state index >= 15 is 0 Å². The molecule has 13 heavy (non-hydrogen) atoms. The van der Waals surface area contributed by atoms with Gasteiger partial charge in [-0.2, -0.15) is 26.6 Å². The topological polar surface area (TPSA) is 74.6 Å². The van der Waals surface area contributed by atoms with Gasteiger partial charge >= 0.3 is 40.0 Å². The van der Waals surface area contributed by atoms with Crippen LogP contribution < -0.4 is 29.6 Å². The van der Waals surface area contributed by atoms with Crippen molar-refractivity contribution in [3.05, 3.63) is 36.1 Å². The second-order valence-corrected chi connectivity index (χ2v) is 2.56. The SMILES string of the molecule is Fc1cc[c-]cc1.O=S(=O)(O)O.[Na+]. The molecule has 0 radical (unpaired) electrons. The van der Waals surface area contributed by atoms with Crippen LogP contribution in [-0.4, -0.2) is 17.5 Å². The van der Waals surface area contributed by atoms with Gasteiger partial charge in [0.2, 0.25) is 0 Å². The van der Waals surface area contributed by atoms with Crippen LogP contribution in [0.5, 0.6) is 0 Å². The zero-order chi connectivity index (χ0) is 9.61. The Morgan fingerprint density at radius 3 is 1.69 bits per heavy atom. The van der Waals surface area contributed by atoms with Crippen LogP contribution in [0.3, 0.4) is 0 Å². The molecule has 2 N–H and O–H groups in total. The van der Waals surface area contributed by atoms with Crippen molar-refractivity contribution in [3.8, 4) is 0 Å². The number of rotatable bonds is 0. The monoisotopic (exact) mass is 216 g/mol. The maximum Gasteiger partial charge on any atom is 1.00 e. The predicted molar refractivity (Wildman–Crippen MR) is 39.4 cm³/mol. The first-order valence-electron chi connectivity index (χ1n) is 2.71. The molecule has 0 saturated heterocycles. The smallest absolute Gasteiger partial charge is 0.264 e. The van der Waals surface area contributed by atoms with Crippen molar-refractivity contribution in [1.29, 1.82) is 0 Å². The summed E-state index contributed by atoms with van der Waals surface area (Å²) in [5.74, 6) is -0.209. The third-order valence-electron chi connectivity index (χ3n) is 0.678. The van der Waals surface area contributed by atoms with Crippen LogP contribution in [0.25, 0.3) is 0 Å². The summed E-state index contributed by atoms with van der Waals surface area (Å²) in [5, 5.41) is 0. The Kier molecular flexibility index (Phi) is 8.85. The van der Waals surface area contributed by atoms with E-state index in [9.17, 15) is 4.39 Å². The average molecular weight is 216 g/mol. The molecule has 0 aliphatic heterocycles. The van der Waals surface area contributed by atoms with E-state index in [2.05, 4.69) is 6.07 Å². The maximum absolute atomic E-state index is 11.9. The van der Waals surface area contributed by atoms with E-state index in [1.165, 1.54) is 24.3 Å². The van der Waals surface area contributed by atoms with E-state index in [0.717, 1.165) is 0 Å². The van der Waals surface area contributed by atoms with Crippen molar-refractivity contribution in [2.45, 2.75) is 0 Å². The van der Waals surface area contributed by atoms with Gasteiger partial charge in [0.1, 0.15) is 0 Å². The number of hydrogen-bond donors (Lipinski definition) is 2. The van der Waals surface area contributed by atoms with Crippen molar-refractivity contribution in [2.24, 2.45) is 0 Å². The Hall–Kier alpha value is 0.0200. The van der Waals surface area contributed by atoms with Crippen molar-refractivity contribution < 1.29 is 51.5 Å². The standard InChI is InChI=1S/C6H4F.Na.H2O4S/c7-6-4-2-1-3-5-6;;1-5(2,3)4/h2-5H;;(H2,1,2,3,4)/q-1;+1;. The Balaban J connectivity index is 0. The van der Waals surface area contributed by atoms with Gasteiger partial charge in [0.25, 0.3) is 0 Å². The molecule has 0 saturated carbocycles. The number of benzene rings is 1. The average Bonchev–Trinajstić information content (AvgIpc) is 1.85. The third kappa shape index (κ3) is 18.8. The quantitative estimate of drug-likeness (QED) is 0.298. The molecular weight excluding hydrogens is 210 g/mol. The molecule has 0 spiro atoms. The summed E-state index contributed by atoms with van der Waals surface area (Å²) in [7, 11) is -4.67. The molecular formula is C6H6FNaO4S. The number of halogens is 1. The molecule has 1 rings (SSSR count). The summed E-state index contributed by atoms with van der Waals surface area (Å²) >= 11 is 0. The normalized spacial score (nSPS) is 9.15. The van der Waals surface area contributed by atoms with E-state index in [1.807, 2.05) is 0 Å². The summed E-state index contributed by atoms with van der Waals surface area (Å²) in [5.41, 5.74) is 0. The fraction of sp³-hybridized carbons (Fsp3) is 0. The van der Waals surface area contributed by atoms with Gasteiger partial charge < -0.3 is 0 Å². The van der Waals surface area contributed by atoms with Crippen LogP contribution >= 0.6 is 0 Å². The fourth-order valence-corrected chi connectivity index (χ4v) is 0.367. The summed E-state index contributed by atoms with van der Waals surface area (Å²) < 4.78 is 43.5. The minimum atomic E-state index is -4.67. The van der Waals surface area contributed by atoms with Crippen LogP contribution in [0.1, 0.15) is 0 Å². The van der Waals surface area contributed by atoms with Gasteiger partial charge in [-0.25, -0.2) is 4.39 Å². The van der Waals surface area contributed by atoms with E-state index in [4.69, 9.17) is 17.5 Å². The molecule has 0 amide bonds. The van der Waals surface area contributed by atoms with Gasteiger partial charge in [-0.05, 0) is 0 Å². The summed E-state index contributed by atoms with van der Waals surface area (Å²) in [6, 6.07) is 8.49. The van der Waals surface area contributed by atoms with Gasteiger partial charge in [0.05, 0.1) is 0 Å². The van der Waals surface area contributed by atoms with Gasteiger partial charge in [-0.1, -0.05) is 0 Å². The van der Waals surface area contributed by atoms with Gasteiger partial charge in [0.15, 0.2) is 0 Å². The van der Waals surface area contributed by atoms with Crippen LogP contribution in [0.4, 0.5) is 4.39 Å². The fourth-order valence-electron chi connectivity index (χ4n) is 0.367. The Morgan fingerprint density at radius 1 is 1.23 bits per heavy atom. The van der Waals surface area contributed by atoms with Crippen molar-refractivity contribution in [2.75, 3.05) is 0 Å². The second-order valence-electron chi connectivity index (χ2n) is 1.67. The van der Waals surface area contributed by atoms with Crippen molar-refractivity contribution in [1.82, 2.24) is 0 Å². The molecule has 1 aromatic rings. The zero-order valence-electron chi connectivity index (χ0n) is 6.81. The zero-order valence-corrected chi connectivity index (χ0v) is 9.62.